The van der Waals surface area contributed by atoms with Crippen LogP contribution in [0.5, 0.6) is 0 Å². The SMILES string of the molecule is NC(CO)c1nc(C(F)(F)F)n2ccccc12. The van der Waals surface area contributed by atoms with Crippen molar-refractivity contribution in [2.24, 2.45) is 5.73 Å². The molecule has 0 radical (unpaired) electrons. The Morgan fingerprint density at radius 3 is 2.71 bits per heavy atom. The number of aromatic nitrogens is 2. The summed E-state index contributed by atoms with van der Waals surface area (Å²) in [5.41, 5.74) is 5.82. The van der Waals surface area contributed by atoms with Gasteiger partial charge in [0.25, 0.3) is 0 Å². The standard InChI is InChI=1S/C10H10F3N3O/c11-10(12,13)9-15-8(6(14)5-17)7-3-1-2-4-16(7)9/h1-4,6,17H,5,14H2. The van der Waals surface area contributed by atoms with Crippen LogP contribution in [-0.4, -0.2) is 21.1 Å². The molecule has 0 amide bonds. The number of pyridine rings is 1. The topological polar surface area (TPSA) is 63.5 Å². The Balaban J connectivity index is 2.71. The lowest BCUT2D eigenvalue weighted by Gasteiger charge is -2.04. The van der Waals surface area contributed by atoms with Crippen LogP contribution in [0.15, 0.2) is 24.4 Å². The van der Waals surface area contributed by atoms with Crippen LogP contribution in [0.3, 0.4) is 0 Å². The molecule has 3 N–H and O–H groups in total. The molecule has 0 bridgehead atoms. The highest BCUT2D eigenvalue weighted by atomic mass is 19.4. The number of fused-ring (bicyclic) bond motifs is 1. The summed E-state index contributed by atoms with van der Waals surface area (Å²) in [6.07, 6.45) is -3.30. The second-order valence-electron chi connectivity index (χ2n) is 3.56. The van der Waals surface area contributed by atoms with Crippen molar-refractivity contribution in [3.63, 3.8) is 0 Å². The van der Waals surface area contributed by atoms with Gasteiger partial charge in [-0.3, -0.25) is 4.40 Å². The largest absolute Gasteiger partial charge is 0.450 e. The van der Waals surface area contributed by atoms with Gasteiger partial charge in [-0.25, -0.2) is 4.98 Å². The zero-order valence-corrected chi connectivity index (χ0v) is 8.65. The predicted molar refractivity (Wildman–Crippen MR) is 54.2 cm³/mol. The molecule has 0 aliphatic heterocycles. The molecule has 0 saturated heterocycles. The van der Waals surface area contributed by atoms with Crippen molar-refractivity contribution < 1.29 is 18.3 Å². The van der Waals surface area contributed by atoms with Crippen LogP contribution in [0, 0.1) is 0 Å². The molecule has 7 heteroatoms. The molecular formula is C10H10F3N3O. The molecule has 0 saturated carbocycles. The third-order valence-corrected chi connectivity index (χ3v) is 2.38. The van der Waals surface area contributed by atoms with Crippen LogP contribution in [-0.2, 0) is 6.18 Å². The van der Waals surface area contributed by atoms with E-state index in [4.69, 9.17) is 10.8 Å². The van der Waals surface area contributed by atoms with Gasteiger partial charge in [0.15, 0.2) is 0 Å². The van der Waals surface area contributed by atoms with E-state index in [1.54, 1.807) is 6.07 Å². The fourth-order valence-corrected chi connectivity index (χ4v) is 1.62. The van der Waals surface area contributed by atoms with Crippen LogP contribution in [0.4, 0.5) is 13.2 Å². The number of aliphatic hydroxyl groups excluding tert-OH is 1. The van der Waals surface area contributed by atoms with Gasteiger partial charge in [0, 0.05) is 6.20 Å². The summed E-state index contributed by atoms with van der Waals surface area (Å²) in [5.74, 6) is -1.04. The molecule has 2 rings (SSSR count). The molecule has 1 unspecified atom stereocenters. The lowest BCUT2D eigenvalue weighted by molar-refractivity contribution is -0.145. The first-order chi connectivity index (χ1) is 7.95. The number of aliphatic hydroxyl groups is 1. The molecule has 0 aromatic carbocycles. The number of halogens is 3. The van der Waals surface area contributed by atoms with E-state index in [-0.39, 0.29) is 11.2 Å². The Labute approximate surface area is 94.5 Å². The maximum atomic E-state index is 12.7. The first kappa shape index (κ1) is 11.9. The summed E-state index contributed by atoms with van der Waals surface area (Å²) in [7, 11) is 0. The minimum absolute atomic E-state index is 0.0421. The molecular weight excluding hydrogens is 235 g/mol. The van der Waals surface area contributed by atoms with Crippen molar-refractivity contribution in [1.82, 2.24) is 9.38 Å². The number of imidazole rings is 1. The highest BCUT2D eigenvalue weighted by Crippen LogP contribution is 2.31. The minimum Gasteiger partial charge on any atom is -0.394 e. The Bertz CT molecular complexity index is 535. The maximum absolute atomic E-state index is 12.7. The summed E-state index contributed by atoms with van der Waals surface area (Å²) >= 11 is 0. The van der Waals surface area contributed by atoms with E-state index in [9.17, 15) is 13.2 Å². The van der Waals surface area contributed by atoms with Gasteiger partial charge >= 0.3 is 6.18 Å². The average Bonchev–Trinajstić information content (AvgIpc) is 2.67. The number of hydrogen-bond acceptors (Lipinski definition) is 3. The second kappa shape index (κ2) is 4.01. The molecule has 0 spiro atoms. The Morgan fingerprint density at radius 2 is 2.12 bits per heavy atom. The molecule has 2 aromatic heterocycles. The number of hydrogen-bond donors (Lipinski definition) is 2. The first-order valence-corrected chi connectivity index (χ1v) is 4.85. The van der Waals surface area contributed by atoms with Gasteiger partial charge < -0.3 is 10.8 Å². The van der Waals surface area contributed by atoms with Crippen molar-refractivity contribution in [2.45, 2.75) is 12.2 Å². The van der Waals surface area contributed by atoms with Crippen LogP contribution < -0.4 is 5.73 Å². The zero-order chi connectivity index (χ0) is 12.6. The molecule has 2 heterocycles. The van der Waals surface area contributed by atoms with E-state index < -0.39 is 24.6 Å². The van der Waals surface area contributed by atoms with Crippen molar-refractivity contribution in [3.8, 4) is 0 Å². The maximum Gasteiger partial charge on any atom is 0.450 e. The van der Waals surface area contributed by atoms with Crippen molar-refractivity contribution in [2.75, 3.05) is 6.61 Å². The summed E-state index contributed by atoms with van der Waals surface area (Å²) in [5, 5.41) is 8.90. The Kier molecular flexibility index (Phi) is 2.80. The number of alkyl halides is 3. The summed E-state index contributed by atoms with van der Waals surface area (Å²) < 4.78 is 39.1. The van der Waals surface area contributed by atoms with Gasteiger partial charge in [0.05, 0.1) is 23.9 Å². The van der Waals surface area contributed by atoms with E-state index >= 15 is 0 Å². The number of nitrogens with two attached hydrogens (primary N) is 1. The van der Waals surface area contributed by atoms with E-state index in [0.29, 0.717) is 0 Å². The quantitative estimate of drug-likeness (QED) is 0.839. The highest BCUT2D eigenvalue weighted by Gasteiger charge is 2.37. The molecule has 0 aliphatic carbocycles. The van der Waals surface area contributed by atoms with Gasteiger partial charge in [-0.1, -0.05) is 6.07 Å². The van der Waals surface area contributed by atoms with E-state index in [1.807, 2.05) is 0 Å². The Morgan fingerprint density at radius 1 is 1.41 bits per heavy atom. The van der Waals surface area contributed by atoms with Crippen molar-refractivity contribution in [3.05, 3.63) is 35.9 Å². The van der Waals surface area contributed by atoms with Crippen LogP contribution >= 0.6 is 0 Å². The minimum atomic E-state index is -4.56. The third kappa shape index (κ3) is 1.98. The van der Waals surface area contributed by atoms with E-state index in [0.717, 1.165) is 4.40 Å². The van der Waals surface area contributed by atoms with Gasteiger partial charge in [0.2, 0.25) is 5.82 Å². The normalized spacial score (nSPS) is 14.2. The number of nitrogens with zero attached hydrogens (tertiary/aromatic N) is 2. The molecule has 0 aliphatic rings. The fourth-order valence-electron chi connectivity index (χ4n) is 1.62. The summed E-state index contributed by atoms with van der Waals surface area (Å²) in [4.78, 5) is 3.48. The molecule has 17 heavy (non-hydrogen) atoms. The second-order valence-corrected chi connectivity index (χ2v) is 3.56. The zero-order valence-electron chi connectivity index (χ0n) is 8.65. The molecule has 0 fully saturated rings. The highest BCUT2D eigenvalue weighted by molar-refractivity contribution is 5.54. The van der Waals surface area contributed by atoms with Crippen LogP contribution in [0.2, 0.25) is 0 Å². The lowest BCUT2D eigenvalue weighted by atomic mass is 10.2. The first-order valence-electron chi connectivity index (χ1n) is 4.85. The van der Waals surface area contributed by atoms with Crippen LogP contribution in [0.25, 0.3) is 5.52 Å². The molecule has 4 nitrogen and oxygen atoms in total. The predicted octanol–water partition coefficient (Wildman–Crippen LogP) is 1.35. The van der Waals surface area contributed by atoms with Crippen molar-refractivity contribution in [1.29, 1.82) is 0 Å². The van der Waals surface area contributed by atoms with Crippen molar-refractivity contribution >= 4 is 5.52 Å². The van der Waals surface area contributed by atoms with E-state index in [1.165, 1.54) is 18.3 Å². The third-order valence-electron chi connectivity index (χ3n) is 2.38. The molecule has 1 atom stereocenters. The molecule has 92 valence electrons. The summed E-state index contributed by atoms with van der Waals surface area (Å²) in [6, 6.07) is 3.61. The Hall–Kier alpha value is -1.60. The van der Waals surface area contributed by atoms with Crippen LogP contribution in [0.1, 0.15) is 17.6 Å². The van der Waals surface area contributed by atoms with Gasteiger partial charge in [-0.05, 0) is 12.1 Å². The van der Waals surface area contributed by atoms with Gasteiger partial charge in [-0.15, -0.1) is 0 Å². The van der Waals surface area contributed by atoms with Gasteiger partial charge in [0.1, 0.15) is 0 Å². The van der Waals surface area contributed by atoms with E-state index in [2.05, 4.69) is 4.98 Å². The smallest absolute Gasteiger partial charge is 0.394 e. The van der Waals surface area contributed by atoms with Gasteiger partial charge in [-0.2, -0.15) is 13.2 Å². The summed E-state index contributed by atoms with van der Waals surface area (Å²) in [6.45, 7) is -0.459. The lowest BCUT2D eigenvalue weighted by Crippen LogP contribution is -2.16. The average molecular weight is 245 g/mol. The monoisotopic (exact) mass is 245 g/mol. The fraction of sp³-hybridized carbons (Fsp3) is 0.300. The number of rotatable bonds is 2. The molecule has 2 aromatic rings.